The fourth-order valence-electron chi connectivity index (χ4n) is 3.00. The molecule has 0 spiro atoms. The lowest BCUT2D eigenvalue weighted by atomic mass is 9.94. The number of pyridine rings is 1. The lowest BCUT2D eigenvalue weighted by molar-refractivity contribution is -0.0468. The second-order valence-electron chi connectivity index (χ2n) is 6.13. The van der Waals surface area contributed by atoms with E-state index in [1.54, 1.807) is 6.20 Å². The number of anilines is 1. The van der Waals surface area contributed by atoms with Crippen LogP contribution in [0.15, 0.2) is 48.7 Å². The number of hydrogen-bond acceptors (Lipinski definition) is 4. The summed E-state index contributed by atoms with van der Waals surface area (Å²) in [6, 6.07) is 14.0. The van der Waals surface area contributed by atoms with Gasteiger partial charge in [-0.3, -0.25) is 4.79 Å². The highest BCUT2D eigenvalue weighted by Crippen LogP contribution is 2.31. The topological polar surface area (TPSA) is 54.5 Å². The minimum Gasteiger partial charge on any atom is -0.367 e. The fourth-order valence-corrected chi connectivity index (χ4v) is 3.00. The Morgan fingerprint density at radius 3 is 2.75 bits per heavy atom. The third-order valence-corrected chi connectivity index (χ3v) is 4.33. The van der Waals surface area contributed by atoms with Crippen LogP contribution in [0.4, 0.5) is 5.82 Å². The van der Waals surface area contributed by atoms with Gasteiger partial charge in [-0.2, -0.15) is 0 Å². The van der Waals surface area contributed by atoms with E-state index in [-0.39, 0.29) is 11.5 Å². The largest absolute Gasteiger partial charge is 0.367 e. The molecule has 0 aliphatic carbocycles. The summed E-state index contributed by atoms with van der Waals surface area (Å²) < 4.78 is 6.06. The van der Waals surface area contributed by atoms with Crippen molar-refractivity contribution in [1.82, 2.24) is 10.3 Å². The number of rotatable bonds is 4. The molecule has 1 unspecified atom stereocenters. The van der Waals surface area contributed by atoms with E-state index in [0.29, 0.717) is 18.7 Å². The summed E-state index contributed by atoms with van der Waals surface area (Å²) in [7, 11) is 0. The summed E-state index contributed by atoms with van der Waals surface area (Å²) in [6.45, 7) is 6.78. The molecule has 126 valence electrons. The van der Waals surface area contributed by atoms with Gasteiger partial charge in [0.2, 0.25) is 0 Å². The highest BCUT2D eigenvalue weighted by atomic mass is 16.5. The SMILES string of the molecule is CCNC(=O)c1ccc(N2CCOC(C)(c3ccccc3)C2)nc1. The smallest absolute Gasteiger partial charge is 0.252 e. The van der Waals surface area contributed by atoms with Gasteiger partial charge >= 0.3 is 0 Å². The molecule has 1 saturated heterocycles. The predicted molar refractivity (Wildman–Crippen MR) is 94.2 cm³/mol. The Labute approximate surface area is 142 Å². The quantitative estimate of drug-likeness (QED) is 0.939. The molecule has 24 heavy (non-hydrogen) atoms. The van der Waals surface area contributed by atoms with Crippen molar-refractivity contribution in [2.24, 2.45) is 0 Å². The highest BCUT2D eigenvalue weighted by Gasteiger charge is 2.34. The first-order chi connectivity index (χ1) is 11.6. The van der Waals surface area contributed by atoms with Crippen molar-refractivity contribution in [1.29, 1.82) is 0 Å². The minimum absolute atomic E-state index is 0.0901. The van der Waals surface area contributed by atoms with Crippen molar-refractivity contribution < 1.29 is 9.53 Å². The van der Waals surface area contributed by atoms with Crippen molar-refractivity contribution in [2.75, 3.05) is 31.1 Å². The number of hydrogen-bond donors (Lipinski definition) is 1. The maximum atomic E-state index is 11.8. The molecule has 0 saturated carbocycles. The minimum atomic E-state index is -0.362. The molecule has 2 heterocycles. The van der Waals surface area contributed by atoms with Crippen LogP contribution >= 0.6 is 0 Å². The summed E-state index contributed by atoms with van der Waals surface area (Å²) in [5, 5.41) is 2.78. The van der Waals surface area contributed by atoms with Gasteiger partial charge in [-0.15, -0.1) is 0 Å². The van der Waals surface area contributed by atoms with E-state index in [0.717, 1.165) is 24.5 Å². The Bertz CT molecular complexity index is 688. The number of morpholine rings is 1. The zero-order chi connectivity index (χ0) is 17.0. The van der Waals surface area contributed by atoms with Crippen molar-refractivity contribution in [3.63, 3.8) is 0 Å². The molecule has 3 rings (SSSR count). The van der Waals surface area contributed by atoms with E-state index in [1.807, 2.05) is 37.3 Å². The van der Waals surface area contributed by atoms with Gasteiger partial charge in [-0.05, 0) is 31.5 Å². The summed E-state index contributed by atoms with van der Waals surface area (Å²) in [5.41, 5.74) is 1.38. The van der Waals surface area contributed by atoms with Crippen molar-refractivity contribution in [3.05, 3.63) is 59.8 Å². The van der Waals surface area contributed by atoms with Gasteiger partial charge in [0.25, 0.3) is 5.91 Å². The monoisotopic (exact) mass is 325 g/mol. The van der Waals surface area contributed by atoms with Gasteiger partial charge < -0.3 is 15.0 Å². The van der Waals surface area contributed by atoms with E-state index in [9.17, 15) is 4.79 Å². The Kier molecular flexibility index (Phi) is 4.81. The molecular formula is C19H23N3O2. The standard InChI is InChI=1S/C19H23N3O2/c1-3-20-18(23)15-9-10-17(21-13-15)22-11-12-24-19(2,14-22)16-7-5-4-6-8-16/h4-10,13H,3,11-12,14H2,1-2H3,(H,20,23). The lowest BCUT2D eigenvalue weighted by Crippen LogP contribution is -2.48. The first-order valence-corrected chi connectivity index (χ1v) is 8.31. The summed E-state index contributed by atoms with van der Waals surface area (Å²) in [4.78, 5) is 18.5. The number of carbonyl (C=O) groups is 1. The second kappa shape index (κ2) is 7.01. The predicted octanol–water partition coefficient (Wildman–Crippen LogP) is 2.58. The van der Waals surface area contributed by atoms with E-state index < -0.39 is 0 Å². The molecule has 1 aliphatic heterocycles. The van der Waals surface area contributed by atoms with Gasteiger partial charge in [0, 0.05) is 19.3 Å². The van der Waals surface area contributed by atoms with Crippen LogP contribution in [-0.2, 0) is 10.3 Å². The molecule has 1 atom stereocenters. The molecule has 1 amide bonds. The van der Waals surface area contributed by atoms with Crippen molar-refractivity contribution >= 4 is 11.7 Å². The Hall–Kier alpha value is -2.40. The average Bonchev–Trinajstić information content (AvgIpc) is 2.63. The van der Waals surface area contributed by atoms with Gasteiger partial charge in [0.1, 0.15) is 11.4 Å². The third-order valence-electron chi connectivity index (χ3n) is 4.33. The first kappa shape index (κ1) is 16.5. The molecule has 1 aliphatic rings. The zero-order valence-electron chi connectivity index (χ0n) is 14.2. The number of benzene rings is 1. The number of ether oxygens (including phenoxy) is 1. The van der Waals surface area contributed by atoms with Gasteiger partial charge in [-0.25, -0.2) is 4.98 Å². The number of aromatic nitrogens is 1. The van der Waals surface area contributed by atoms with Crippen LogP contribution in [0.1, 0.15) is 29.8 Å². The molecule has 0 bridgehead atoms. The van der Waals surface area contributed by atoms with Crippen LogP contribution in [0.2, 0.25) is 0 Å². The van der Waals surface area contributed by atoms with Crippen LogP contribution in [0.25, 0.3) is 0 Å². The molecule has 5 heteroatoms. The van der Waals surface area contributed by atoms with Crippen LogP contribution in [0.5, 0.6) is 0 Å². The average molecular weight is 325 g/mol. The second-order valence-corrected chi connectivity index (χ2v) is 6.13. The number of amides is 1. The Morgan fingerprint density at radius 1 is 1.29 bits per heavy atom. The molecule has 0 radical (unpaired) electrons. The van der Waals surface area contributed by atoms with Gasteiger partial charge in [0.15, 0.2) is 0 Å². The third kappa shape index (κ3) is 3.41. The first-order valence-electron chi connectivity index (χ1n) is 8.31. The Balaban J connectivity index is 1.76. The number of carbonyl (C=O) groups excluding carboxylic acids is 1. The van der Waals surface area contributed by atoms with E-state index in [4.69, 9.17) is 4.74 Å². The summed E-state index contributed by atoms with van der Waals surface area (Å²) in [5.74, 6) is 0.779. The zero-order valence-corrected chi connectivity index (χ0v) is 14.2. The number of nitrogens with zero attached hydrogens (tertiary/aromatic N) is 2. The molecule has 1 aromatic carbocycles. The molecular weight excluding hydrogens is 302 g/mol. The van der Waals surface area contributed by atoms with Gasteiger partial charge in [-0.1, -0.05) is 30.3 Å². The van der Waals surface area contributed by atoms with E-state index in [2.05, 4.69) is 34.3 Å². The van der Waals surface area contributed by atoms with Crippen molar-refractivity contribution in [3.8, 4) is 0 Å². The molecule has 1 fully saturated rings. The lowest BCUT2D eigenvalue weighted by Gasteiger charge is -2.41. The van der Waals surface area contributed by atoms with Crippen LogP contribution in [0.3, 0.4) is 0 Å². The molecule has 2 aromatic rings. The Morgan fingerprint density at radius 2 is 2.08 bits per heavy atom. The normalized spacial score (nSPS) is 20.7. The highest BCUT2D eigenvalue weighted by molar-refractivity contribution is 5.94. The van der Waals surface area contributed by atoms with Crippen LogP contribution in [-0.4, -0.2) is 37.1 Å². The maximum absolute atomic E-state index is 11.8. The molecule has 1 N–H and O–H groups in total. The van der Waals surface area contributed by atoms with E-state index >= 15 is 0 Å². The summed E-state index contributed by atoms with van der Waals surface area (Å²) >= 11 is 0. The summed E-state index contributed by atoms with van der Waals surface area (Å²) in [6.07, 6.45) is 1.63. The maximum Gasteiger partial charge on any atom is 0.252 e. The van der Waals surface area contributed by atoms with Crippen LogP contribution in [0, 0.1) is 0 Å². The van der Waals surface area contributed by atoms with E-state index in [1.165, 1.54) is 0 Å². The molecule has 5 nitrogen and oxygen atoms in total. The van der Waals surface area contributed by atoms with Crippen LogP contribution < -0.4 is 10.2 Å². The number of nitrogens with one attached hydrogen (secondary N) is 1. The van der Waals surface area contributed by atoms with Gasteiger partial charge in [0.05, 0.1) is 18.7 Å². The van der Waals surface area contributed by atoms with Crippen molar-refractivity contribution in [2.45, 2.75) is 19.4 Å². The fraction of sp³-hybridized carbons (Fsp3) is 0.368. The molecule has 1 aromatic heterocycles.